The number of ether oxygens (including phenoxy) is 1. The number of aromatic nitrogens is 2. The number of carbonyl (C=O) groups excluding carboxylic acids is 2. The van der Waals surface area contributed by atoms with Gasteiger partial charge in [0.15, 0.2) is 0 Å². The Kier molecular flexibility index (Phi) is 6.40. The van der Waals surface area contributed by atoms with Gasteiger partial charge in [0, 0.05) is 29.7 Å². The lowest BCUT2D eigenvalue weighted by molar-refractivity contribution is 0.101. The Morgan fingerprint density at radius 1 is 0.879 bits per heavy atom. The Bertz CT molecular complexity index is 1290. The standard InChI is InChI=1S/C26H22N4O3/c1-17-21(11-13-22(28-17)18-7-4-3-5-8-18)26(32)29-20-10-12-23(24(15-20)33-2)30-25(31)19-9-6-14-27-16-19/h3-16H,1-2H3,(H,29,32)(H,30,31). The topological polar surface area (TPSA) is 93.2 Å². The zero-order valence-corrected chi connectivity index (χ0v) is 18.2. The van der Waals surface area contributed by atoms with Crippen molar-refractivity contribution in [1.82, 2.24) is 9.97 Å². The van der Waals surface area contributed by atoms with Gasteiger partial charge in [-0.1, -0.05) is 30.3 Å². The van der Waals surface area contributed by atoms with E-state index in [4.69, 9.17) is 4.74 Å². The molecule has 0 atom stereocenters. The van der Waals surface area contributed by atoms with Crippen molar-refractivity contribution in [3.63, 3.8) is 0 Å². The molecule has 0 bridgehead atoms. The van der Waals surface area contributed by atoms with Crippen LogP contribution in [0.2, 0.25) is 0 Å². The van der Waals surface area contributed by atoms with Crippen LogP contribution >= 0.6 is 0 Å². The third-order valence-electron chi connectivity index (χ3n) is 5.03. The summed E-state index contributed by atoms with van der Waals surface area (Å²) in [6, 6.07) is 21.8. The first-order valence-electron chi connectivity index (χ1n) is 10.3. The first-order chi connectivity index (χ1) is 16.0. The van der Waals surface area contributed by atoms with Crippen LogP contribution in [0.4, 0.5) is 11.4 Å². The number of rotatable bonds is 6. The molecule has 2 heterocycles. The Balaban J connectivity index is 1.50. The summed E-state index contributed by atoms with van der Waals surface area (Å²) in [7, 11) is 1.50. The molecule has 0 fully saturated rings. The fourth-order valence-corrected chi connectivity index (χ4v) is 3.33. The predicted molar refractivity (Wildman–Crippen MR) is 128 cm³/mol. The molecule has 2 aromatic carbocycles. The van der Waals surface area contributed by atoms with Gasteiger partial charge in [-0.3, -0.25) is 19.6 Å². The van der Waals surface area contributed by atoms with Crippen LogP contribution in [0.15, 0.2) is 85.2 Å². The lowest BCUT2D eigenvalue weighted by Gasteiger charge is -2.13. The molecule has 2 N–H and O–H groups in total. The van der Waals surface area contributed by atoms with Crippen molar-refractivity contribution >= 4 is 23.2 Å². The molecular weight excluding hydrogens is 416 g/mol. The second kappa shape index (κ2) is 9.74. The van der Waals surface area contributed by atoms with Gasteiger partial charge in [0.25, 0.3) is 11.8 Å². The number of amides is 2. The number of hydrogen-bond acceptors (Lipinski definition) is 5. The van der Waals surface area contributed by atoms with Crippen LogP contribution in [0.1, 0.15) is 26.4 Å². The van der Waals surface area contributed by atoms with E-state index in [9.17, 15) is 9.59 Å². The zero-order valence-electron chi connectivity index (χ0n) is 18.2. The van der Waals surface area contributed by atoms with Crippen LogP contribution in [-0.4, -0.2) is 28.9 Å². The average molecular weight is 438 g/mol. The molecule has 0 saturated carbocycles. The molecule has 0 spiro atoms. The van der Waals surface area contributed by atoms with Gasteiger partial charge in [0.05, 0.1) is 35.3 Å². The summed E-state index contributed by atoms with van der Waals surface area (Å²) >= 11 is 0. The maximum Gasteiger partial charge on any atom is 0.257 e. The summed E-state index contributed by atoms with van der Waals surface area (Å²) < 4.78 is 5.40. The SMILES string of the molecule is COc1cc(NC(=O)c2ccc(-c3ccccc3)nc2C)ccc1NC(=O)c1cccnc1. The van der Waals surface area contributed by atoms with Crippen LogP contribution in [0.3, 0.4) is 0 Å². The molecule has 0 radical (unpaired) electrons. The number of anilines is 2. The molecular formula is C26H22N4O3. The van der Waals surface area contributed by atoms with Crippen molar-refractivity contribution in [2.75, 3.05) is 17.7 Å². The van der Waals surface area contributed by atoms with E-state index in [2.05, 4.69) is 20.6 Å². The van der Waals surface area contributed by atoms with E-state index in [-0.39, 0.29) is 11.8 Å². The number of hydrogen-bond donors (Lipinski definition) is 2. The monoisotopic (exact) mass is 438 g/mol. The highest BCUT2D eigenvalue weighted by molar-refractivity contribution is 6.07. The fourth-order valence-electron chi connectivity index (χ4n) is 3.33. The molecule has 0 unspecified atom stereocenters. The number of aryl methyl sites for hydroxylation is 1. The van der Waals surface area contributed by atoms with Crippen molar-refractivity contribution in [2.45, 2.75) is 6.92 Å². The van der Waals surface area contributed by atoms with Crippen molar-refractivity contribution < 1.29 is 14.3 Å². The first-order valence-corrected chi connectivity index (χ1v) is 10.3. The van der Waals surface area contributed by atoms with Crippen molar-refractivity contribution in [3.05, 3.63) is 102 Å². The van der Waals surface area contributed by atoms with E-state index in [1.165, 1.54) is 13.3 Å². The molecule has 7 heteroatoms. The molecule has 4 rings (SSSR count). The summed E-state index contributed by atoms with van der Waals surface area (Å²) in [4.78, 5) is 33.8. The van der Waals surface area contributed by atoms with Gasteiger partial charge >= 0.3 is 0 Å². The highest BCUT2D eigenvalue weighted by Crippen LogP contribution is 2.29. The molecule has 164 valence electrons. The third kappa shape index (κ3) is 5.04. The van der Waals surface area contributed by atoms with E-state index >= 15 is 0 Å². The number of pyridine rings is 2. The van der Waals surface area contributed by atoms with E-state index in [1.807, 2.05) is 36.4 Å². The normalized spacial score (nSPS) is 10.4. The van der Waals surface area contributed by atoms with Gasteiger partial charge in [0.1, 0.15) is 5.75 Å². The Hall–Kier alpha value is -4.52. The molecule has 4 aromatic rings. The number of carbonyl (C=O) groups is 2. The first kappa shape index (κ1) is 21.7. The fraction of sp³-hybridized carbons (Fsp3) is 0.0769. The molecule has 2 aromatic heterocycles. The minimum atomic E-state index is -0.307. The van der Waals surface area contributed by atoms with Crippen LogP contribution in [-0.2, 0) is 0 Å². The molecule has 0 aliphatic rings. The summed E-state index contributed by atoms with van der Waals surface area (Å²) in [6.45, 7) is 1.80. The van der Waals surface area contributed by atoms with Crippen molar-refractivity contribution in [2.24, 2.45) is 0 Å². The van der Waals surface area contributed by atoms with Gasteiger partial charge < -0.3 is 15.4 Å². The maximum atomic E-state index is 12.9. The quantitative estimate of drug-likeness (QED) is 0.444. The molecule has 0 aliphatic carbocycles. The average Bonchev–Trinajstić information content (AvgIpc) is 2.85. The van der Waals surface area contributed by atoms with Gasteiger partial charge in [-0.25, -0.2) is 0 Å². The minimum absolute atomic E-state index is 0.284. The zero-order chi connectivity index (χ0) is 23.2. The van der Waals surface area contributed by atoms with Gasteiger partial charge in [0.2, 0.25) is 0 Å². The van der Waals surface area contributed by atoms with Crippen molar-refractivity contribution in [1.29, 1.82) is 0 Å². The smallest absolute Gasteiger partial charge is 0.257 e. The molecule has 2 amide bonds. The Morgan fingerprint density at radius 3 is 2.39 bits per heavy atom. The maximum absolute atomic E-state index is 12.9. The second-order valence-corrected chi connectivity index (χ2v) is 7.26. The molecule has 0 aliphatic heterocycles. The predicted octanol–water partition coefficient (Wildman–Crippen LogP) is 4.97. The van der Waals surface area contributed by atoms with E-state index in [0.29, 0.717) is 33.9 Å². The minimum Gasteiger partial charge on any atom is -0.494 e. The van der Waals surface area contributed by atoms with Crippen LogP contribution in [0, 0.1) is 6.92 Å². The highest BCUT2D eigenvalue weighted by atomic mass is 16.5. The molecule has 33 heavy (non-hydrogen) atoms. The van der Waals surface area contributed by atoms with Gasteiger partial charge in [-0.15, -0.1) is 0 Å². The van der Waals surface area contributed by atoms with Crippen molar-refractivity contribution in [3.8, 4) is 17.0 Å². The van der Waals surface area contributed by atoms with E-state index < -0.39 is 0 Å². The van der Waals surface area contributed by atoms with Crippen LogP contribution in [0.5, 0.6) is 5.75 Å². The van der Waals surface area contributed by atoms with E-state index in [0.717, 1.165) is 11.3 Å². The number of benzene rings is 2. The largest absolute Gasteiger partial charge is 0.494 e. The molecule has 0 saturated heterocycles. The van der Waals surface area contributed by atoms with Crippen LogP contribution in [0.25, 0.3) is 11.3 Å². The number of methoxy groups -OCH3 is 1. The third-order valence-corrected chi connectivity index (χ3v) is 5.03. The summed E-state index contributed by atoms with van der Waals surface area (Å²) in [5.41, 5.74) is 4.33. The lowest BCUT2D eigenvalue weighted by Crippen LogP contribution is -2.15. The van der Waals surface area contributed by atoms with Gasteiger partial charge in [-0.2, -0.15) is 0 Å². The lowest BCUT2D eigenvalue weighted by atomic mass is 10.1. The number of nitrogens with one attached hydrogen (secondary N) is 2. The van der Waals surface area contributed by atoms with E-state index in [1.54, 1.807) is 49.5 Å². The molecule has 7 nitrogen and oxygen atoms in total. The Morgan fingerprint density at radius 2 is 1.70 bits per heavy atom. The summed E-state index contributed by atoms with van der Waals surface area (Å²) in [5, 5.41) is 5.66. The summed E-state index contributed by atoms with van der Waals surface area (Å²) in [5.74, 6) is -0.175. The van der Waals surface area contributed by atoms with Crippen LogP contribution < -0.4 is 15.4 Å². The second-order valence-electron chi connectivity index (χ2n) is 7.26. The highest BCUT2D eigenvalue weighted by Gasteiger charge is 2.14. The Labute approximate surface area is 191 Å². The number of nitrogens with zero attached hydrogens (tertiary/aromatic N) is 2. The van der Waals surface area contributed by atoms with Gasteiger partial charge in [-0.05, 0) is 43.3 Å². The summed E-state index contributed by atoms with van der Waals surface area (Å²) in [6.07, 6.45) is 3.08.